The highest BCUT2D eigenvalue weighted by atomic mass is 32.2. The summed E-state index contributed by atoms with van der Waals surface area (Å²) in [4.78, 5) is 16.8. The van der Waals surface area contributed by atoms with Crippen LogP contribution in [0.1, 0.15) is 24.8 Å². The van der Waals surface area contributed by atoms with Crippen molar-refractivity contribution in [2.45, 2.75) is 31.0 Å². The maximum atomic E-state index is 12.7. The quantitative estimate of drug-likeness (QED) is 0.540. The third kappa shape index (κ3) is 4.84. The average molecular weight is 422 g/mol. The number of para-hydroxylation sites is 1. The molecule has 3 aromatic rings. The summed E-state index contributed by atoms with van der Waals surface area (Å²) in [7, 11) is 1.84. The second-order valence-electron chi connectivity index (χ2n) is 7.53. The van der Waals surface area contributed by atoms with E-state index in [2.05, 4.69) is 31.8 Å². The molecule has 1 amide bonds. The fourth-order valence-electron chi connectivity index (χ4n) is 3.64. The fourth-order valence-corrected chi connectivity index (χ4v) is 4.53. The van der Waals surface area contributed by atoms with Gasteiger partial charge in [0, 0.05) is 26.7 Å². The number of nitrogens with zero attached hydrogens (tertiary/aromatic N) is 5. The van der Waals surface area contributed by atoms with Crippen LogP contribution in [0.3, 0.4) is 0 Å². The van der Waals surface area contributed by atoms with Gasteiger partial charge in [0.1, 0.15) is 0 Å². The lowest BCUT2D eigenvalue weighted by Gasteiger charge is -2.27. The molecular weight excluding hydrogens is 394 g/mol. The van der Waals surface area contributed by atoms with Crippen LogP contribution in [-0.2, 0) is 11.3 Å². The normalized spacial score (nSPS) is 14.0. The molecule has 2 heterocycles. The Hall–Kier alpha value is -2.80. The molecule has 156 valence electrons. The highest BCUT2D eigenvalue weighted by Crippen LogP contribution is 2.28. The summed E-state index contributed by atoms with van der Waals surface area (Å²) in [5.74, 6) is 1.27. The van der Waals surface area contributed by atoms with Crippen molar-refractivity contribution in [3.8, 4) is 5.69 Å². The van der Waals surface area contributed by atoms with Crippen LogP contribution in [0.2, 0.25) is 0 Å². The van der Waals surface area contributed by atoms with E-state index in [4.69, 9.17) is 0 Å². The van der Waals surface area contributed by atoms with E-state index in [9.17, 15) is 4.79 Å². The van der Waals surface area contributed by atoms with Gasteiger partial charge in [0.05, 0.1) is 11.4 Å². The van der Waals surface area contributed by atoms with E-state index in [0.717, 1.165) is 35.4 Å². The van der Waals surface area contributed by atoms with Gasteiger partial charge < -0.3 is 9.80 Å². The molecule has 30 heavy (non-hydrogen) atoms. The Kier molecular flexibility index (Phi) is 6.69. The number of carbonyl (C=O) groups is 1. The number of carbonyl (C=O) groups excluding carboxylic acids is 1. The first kappa shape index (κ1) is 20.5. The summed E-state index contributed by atoms with van der Waals surface area (Å²) < 4.78 is 2.08. The Labute approximate surface area is 181 Å². The molecule has 7 heteroatoms. The van der Waals surface area contributed by atoms with Crippen molar-refractivity contribution in [2.24, 2.45) is 0 Å². The largest absolute Gasteiger partial charge is 0.341 e. The molecule has 0 saturated carbocycles. The molecule has 4 rings (SSSR count). The van der Waals surface area contributed by atoms with Crippen molar-refractivity contribution in [1.29, 1.82) is 0 Å². The van der Waals surface area contributed by atoms with E-state index < -0.39 is 0 Å². The fraction of sp³-hybridized carbons (Fsp3) is 0.348. The van der Waals surface area contributed by atoms with E-state index in [1.165, 1.54) is 31.0 Å². The van der Waals surface area contributed by atoms with Gasteiger partial charge in [0.2, 0.25) is 11.9 Å². The third-order valence-corrected chi connectivity index (χ3v) is 6.20. The summed E-state index contributed by atoms with van der Waals surface area (Å²) in [6, 6.07) is 20.2. The lowest BCUT2D eigenvalue weighted by atomic mass is 10.1. The Bertz CT molecular complexity index is 954. The molecule has 1 saturated heterocycles. The summed E-state index contributed by atoms with van der Waals surface area (Å²) >= 11 is 1.45. The molecule has 0 unspecified atom stereocenters. The Morgan fingerprint density at radius 2 is 1.63 bits per heavy atom. The monoisotopic (exact) mass is 421 g/mol. The summed E-state index contributed by atoms with van der Waals surface area (Å²) in [5.41, 5.74) is 2.15. The number of benzene rings is 2. The van der Waals surface area contributed by atoms with Crippen molar-refractivity contribution in [3.63, 3.8) is 0 Å². The number of anilines is 1. The van der Waals surface area contributed by atoms with Crippen molar-refractivity contribution in [1.82, 2.24) is 19.7 Å². The molecule has 0 spiro atoms. The van der Waals surface area contributed by atoms with Gasteiger partial charge in [-0.2, -0.15) is 0 Å². The van der Waals surface area contributed by atoms with E-state index in [-0.39, 0.29) is 5.91 Å². The smallest absolute Gasteiger partial charge is 0.233 e. The number of piperidine rings is 1. The van der Waals surface area contributed by atoms with E-state index in [0.29, 0.717) is 12.3 Å². The molecule has 0 bridgehead atoms. The maximum absolute atomic E-state index is 12.7. The van der Waals surface area contributed by atoms with E-state index in [1.54, 1.807) is 4.90 Å². The zero-order valence-corrected chi connectivity index (χ0v) is 18.1. The van der Waals surface area contributed by atoms with Crippen molar-refractivity contribution in [2.75, 3.05) is 30.8 Å². The summed E-state index contributed by atoms with van der Waals surface area (Å²) in [5, 5.41) is 9.70. The van der Waals surface area contributed by atoms with Crippen LogP contribution in [-0.4, -0.2) is 51.5 Å². The second kappa shape index (κ2) is 9.80. The summed E-state index contributed by atoms with van der Waals surface area (Å²) in [6.45, 7) is 2.59. The third-order valence-electron chi connectivity index (χ3n) is 5.28. The number of rotatable bonds is 7. The lowest BCUT2D eigenvalue weighted by molar-refractivity contribution is -0.127. The maximum Gasteiger partial charge on any atom is 0.233 e. The van der Waals surface area contributed by atoms with Crippen molar-refractivity contribution < 1.29 is 4.79 Å². The number of thioether (sulfide) groups is 1. The number of amides is 1. The van der Waals surface area contributed by atoms with Crippen LogP contribution >= 0.6 is 11.8 Å². The number of hydrogen-bond acceptors (Lipinski definition) is 5. The molecule has 0 atom stereocenters. The van der Waals surface area contributed by atoms with Crippen LogP contribution in [0.4, 0.5) is 5.95 Å². The van der Waals surface area contributed by atoms with E-state index >= 15 is 0 Å². The molecule has 1 aliphatic rings. The van der Waals surface area contributed by atoms with Gasteiger partial charge in [-0.15, -0.1) is 10.2 Å². The van der Waals surface area contributed by atoms with Crippen LogP contribution in [0.5, 0.6) is 0 Å². The molecule has 0 aliphatic carbocycles. The Morgan fingerprint density at radius 1 is 0.967 bits per heavy atom. The highest BCUT2D eigenvalue weighted by molar-refractivity contribution is 7.99. The first-order chi connectivity index (χ1) is 14.7. The minimum absolute atomic E-state index is 0.0750. The van der Waals surface area contributed by atoms with Crippen LogP contribution in [0.15, 0.2) is 65.8 Å². The van der Waals surface area contributed by atoms with Gasteiger partial charge in [0.25, 0.3) is 0 Å². The van der Waals surface area contributed by atoms with Crippen molar-refractivity contribution in [3.05, 3.63) is 66.2 Å². The SMILES string of the molecule is CN(Cc1ccccc1)C(=O)CSc1nnc(N2CCCCC2)n1-c1ccccc1. The molecule has 2 aromatic carbocycles. The van der Waals surface area contributed by atoms with E-state index in [1.807, 2.05) is 55.6 Å². The first-order valence-electron chi connectivity index (χ1n) is 10.4. The zero-order chi connectivity index (χ0) is 20.8. The van der Waals surface area contributed by atoms with Gasteiger partial charge in [0.15, 0.2) is 5.16 Å². The predicted molar refractivity (Wildman–Crippen MR) is 121 cm³/mol. The van der Waals surface area contributed by atoms with Gasteiger partial charge in [-0.05, 0) is 37.0 Å². The zero-order valence-electron chi connectivity index (χ0n) is 17.3. The average Bonchev–Trinajstić information content (AvgIpc) is 3.23. The first-order valence-corrected chi connectivity index (χ1v) is 11.4. The highest BCUT2D eigenvalue weighted by Gasteiger charge is 2.22. The van der Waals surface area contributed by atoms with Crippen LogP contribution < -0.4 is 4.90 Å². The van der Waals surface area contributed by atoms with Crippen LogP contribution in [0.25, 0.3) is 5.69 Å². The Morgan fingerprint density at radius 3 is 2.33 bits per heavy atom. The van der Waals surface area contributed by atoms with Crippen LogP contribution in [0, 0.1) is 0 Å². The standard InChI is InChI=1S/C23H27N5OS/c1-26(17-19-11-5-2-6-12-19)21(29)18-30-23-25-24-22(27-15-9-4-10-16-27)28(23)20-13-7-3-8-14-20/h2-3,5-8,11-14H,4,9-10,15-18H2,1H3. The van der Waals surface area contributed by atoms with Crippen molar-refractivity contribution >= 4 is 23.6 Å². The molecule has 1 aromatic heterocycles. The van der Waals surface area contributed by atoms with Gasteiger partial charge in [-0.1, -0.05) is 60.3 Å². The molecular formula is C23H27N5OS. The van der Waals surface area contributed by atoms with Gasteiger partial charge in [-0.3, -0.25) is 9.36 Å². The van der Waals surface area contributed by atoms with Gasteiger partial charge >= 0.3 is 0 Å². The number of hydrogen-bond donors (Lipinski definition) is 0. The molecule has 0 radical (unpaired) electrons. The topological polar surface area (TPSA) is 54.3 Å². The second-order valence-corrected chi connectivity index (χ2v) is 8.47. The molecule has 1 aliphatic heterocycles. The minimum atomic E-state index is 0.0750. The lowest BCUT2D eigenvalue weighted by Crippen LogP contribution is -2.31. The Balaban J connectivity index is 1.49. The molecule has 6 nitrogen and oxygen atoms in total. The molecule has 0 N–H and O–H groups in total. The predicted octanol–water partition coefficient (Wildman–Crippen LogP) is 4.01. The molecule has 1 fully saturated rings. The number of aromatic nitrogens is 3. The summed E-state index contributed by atoms with van der Waals surface area (Å²) in [6.07, 6.45) is 3.61. The van der Waals surface area contributed by atoms with Gasteiger partial charge in [-0.25, -0.2) is 0 Å². The minimum Gasteiger partial charge on any atom is -0.341 e.